The molecule has 1 fully saturated rings. The number of hydrogen-bond donors (Lipinski definition) is 1. The first-order chi connectivity index (χ1) is 9.60. The average Bonchev–Trinajstić information content (AvgIpc) is 2.44. The first kappa shape index (κ1) is 15.0. The number of nitrogens with one attached hydrogen (secondary N) is 1. The van der Waals surface area contributed by atoms with Crippen molar-refractivity contribution in [3.05, 3.63) is 35.6 Å². The molecule has 0 aromatic heterocycles. The van der Waals surface area contributed by atoms with Crippen molar-refractivity contribution in [1.82, 2.24) is 10.2 Å². The quantitative estimate of drug-likeness (QED) is 0.916. The fraction of sp³-hybridized carbons (Fsp3) is 0.562. The van der Waals surface area contributed by atoms with E-state index < -0.39 is 0 Å². The normalized spacial score (nSPS) is 22.9. The lowest BCUT2D eigenvalue weighted by molar-refractivity contribution is -0.132. The van der Waals surface area contributed by atoms with Gasteiger partial charge in [0.15, 0.2) is 0 Å². The molecule has 0 saturated carbocycles. The highest BCUT2D eigenvalue weighted by molar-refractivity contribution is 5.78. The minimum Gasteiger partial charge on any atom is -0.342 e. The van der Waals surface area contributed by atoms with Crippen LogP contribution in [0.15, 0.2) is 24.3 Å². The van der Waals surface area contributed by atoms with E-state index in [1.165, 1.54) is 12.1 Å². The molecule has 1 heterocycles. The van der Waals surface area contributed by atoms with E-state index in [9.17, 15) is 9.18 Å². The van der Waals surface area contributed by atoms with Gasteiger partial charge in [-0.3, -0.25) is 4.79 Å². The Morgan fingerprint density at radius 3 is 2.70 bits per heavy atom. The van der Waals surface area contributed by atoms with Crippen LogP contribution in [0.5, 0.6) is 0 Å². The minimum absolute atomic E-state index is 0.137. The van der Waals surface area contributed by atoms with Gasteiger partial charge in [-0.2, -0.15) is 0 Å². The molecule has 0 aliphatic carbocycles. The minimum atomic E-state index is -0.263. The first-order valence-corrected chi connectivity index (χ1v) is 7.35. The van der Waals surface area contributed by atoms with E-state index >= 15 is 0 Å². The van der Waals surface area contributed by atoms with Crippen LogP contribution in [0.2, 0.25) is 0 Å². The summed E-state index contributed by atoms with van der Waals surface area (Å²) in [5.41, 5.74) is 0.873. The predicted octanol–water partition coefficient (Wildman–Crippen LogP) is 2.21. The summed E-state index contributed by atoms with van der Waals surface area (Å²) in [7, 11) is 0. The smallest absolute Gasteiger partial charge is 0.227 e. The molecule has 110 valence electrons. The Bertz CT molecular complexity index is 446. The molecule has 2 rings (SSSR count). The van der Waals surface area contributed by atoms with Crippen molar-refractivity contribution < 1.29 is 9.18 Å². The Balaban J connectivity index is 1.89. The SMILES string of the molecule is CCNC1CCN(C(=O)Cc2ccc(F)cc2)CC1C. The van der Waals surface area contributed by atoms with Crippen molar-refractivity contribution >= 4 is 5.91 Å². The van der Waals surface area contributed by atoms with Crippen molar-refractivity contribution in [2.45, 2.75) is 32.7 Å². The molecule has 4 heteroatoms. The maximum atomic E-state index is 12.8. The van der Waals surface area contributed by atoms with Gasteiger partial charge in [-0.1, -0.05) is 26.0 Å². The van der Waals surface area contributed by atoms with Crippen LogP contribution in [-0.2, 0) is 11.2 Å². The molecule has 0 spiro atoms. The van der Waals surface area contributed by atoms with E-state index in [4.69, 9.17) is 0 Å². The molecule has 0 bridgehead atoms. The average molecular weight is 278 g/mol. The molecule has 1 amide bonds. The van der Waals surface area contributed by atoms with Crippen molar-refractivity contribution in [2.75, 3.05) is 19.6 Å². The lowest BCUT2D eigenvalue weighted by atomic mass is 9.93. The number of rotatable bonds is 4. The third-order valence-electron chi connectivity index (χ3n) is 3.99. The first-order valence-electron chi connectivity index (χ1n) is 7.35. The zero-order valence-corrected chi connectivity index (χ0v) is 12.2. The van der Waals surface area contributed by atoms with Crippen LogP contribution in [0, 0.1) is 11.7 Å². The molecular formula is C16H23FN2O. The monoisotopic (exact) mass is 278 g/mol. The van der Waals surface area contributed by atoms with Crippen LogP contribution in [-0.4, -0.2) is 36.5 Å². The number of carbonyl (C=O) groups excluding carboxylic acids is 1. The number of amides is 1. The molecule has 1 saturated heterocycles. The lowest BCUT2D eigenvalue weighted by Gasteiger charge is -2.37. The van der Waals surface area contributed by atoms with Crippen LogP contribution >= 0.6 is 0 Å². The summed E-state index contributed by atoms with van der Waals surface area (Å²) in [6.45, 7) is 6.88. The van der Waals surface area contributed by atoms with Crippen LogP contribution in [0.4, 0.5) is 4.39 Å². The highest BCUT2D eigenvalue weighted by atomic mass is 19.1. The molecule has 2 unspecified atom stereocenters. The van der Waals surface area contributed by atoms with E-state index in [1.54, 1.807) is 12.1 Å². The van der Waals surface area contributed by atoms with Gasteiger partial charge in [0, 0.05) is 19.1 Å². The molecule has 1 aliphatic heterocycles. The molecule has 3 nitrogen and oxygen atoms in total. The summed E-state index contributed by atoms with van der Waals surface area (Å²) in [5, 5.41) is 3.47. The van der Waals surface area contributed by atoms with E-state index in [0.29, 0.717) is 18.4 Å². The lowest BCUT2D eigenvalue weighted by Crippen LogP contribution is -2.50. The fourth-order valence-electron chi connectivity index (χ4n) is 2.83. The van der Waals surface area contributed by atoms with Crippen LogP contribution in [0.25, 0.3) is 0 Å². The fourth-order valence-corrected chi connectivity index (χ4v) is 2.83. The van der Waals surface area contributed by atoms with Gasteiger partial charge < -0.3 is 10.2 Å². The van der Waals surface area contributed by atoms with Gasteiger partial charge in [0.2, 0.25) is 5.91 Å². The Morgan fingerprint density at radius 2 is 2.10 bits per heavy atom. The molecule has 1 aliphatic rings. The summed E-state index contributed by atoms with van der Waals surface area (Å²) in [4.78, 5) is 14.2. The molecule has 0 radical (unpaired) electrons. The number of piperidine rings is 1. The Morgan fingerprint density at radius 1 is 1.40 bits per heavy atom. The summed E-state index contributed by atoms with van der Waals surface area (Å²) in [6, 6.07) is 6.69. The predicted molar refractivity (Wildman–Crippen MR) is 77.9 cm³/mol. The van der Waals surface area contributed by atoms with Crippen LogP contribution in [0.3, 0.4) is 0 Å². The molecule has 2 atom stereocenters. The summed E-state index contributed by atoms with van der Waals surface area (Å²) >= 11 is 0. The van der Waals surface area contributed by atoms with Crippen molar-refractivity contribution in [3.63, 3.8) is 0 Å². The largest absolute Gasteiger partial charge is 0.342 e. The summed E-state index contributed by atoms with van der Waals surface area (Å²) in [5.74, 6) is 0.348. The van der Waals surface area contributed by atoms with E-state index in [2.05, 4.69) is 19.2 Å². The van der Waals surface area contributed by atoms with E-state index in [-0.39, 0.29) is 11.7 Å². The Labute approximate surface area is 120 Å². The number of nitrogens with zero attached hydrogens (tertiary/aromatic N) is 1. The summed E-state index contributed by atoms with van der Waals surface area (Å²) < 4.78 is 12.8. The third kappa shape index (κ3) is 3.79. The molecule has 1 aromatic carbocycles. The van der Waals surface area contributed by atoms with Crippen molar-refractivity contribution in [1.29, 1.82) is 0 Å². The van der Waals surface area contributed by atoms with Gasteiger partial charge in [-0.15, -0.1) is 0 Å². The van der Waals surface area contributed by atoms with Crippen LogP contribution < -0.4 is 5.32 Å². The summed E-state index contributed by atoms with van der Waals surface area (Å²) in [6.07, 6.45) is 1.36. The second-order valence-electron chi connectivity index (χ2n) is 5.57. The second kappa shape index (κ2) is 6.84. The topological polar surface area (TPSA) is 32.3 Å². The van der Waals surface area contributed by atoms with Gasteiger partial charge >= 0.3 is 0 Å². The highest BCUT2D eigenvalue weighted by Crippen LogP contribution is 2.18. The molecule has 1 aromatic rings. The van der Waals surface area contributed by atoms with Gasteiger partial charge in [-0.05, 0) is 36.6 Å². The van der Waals surface area contributed by atoms with Gasteiger partial charge in [-0.25, -0.2) is 4.39 Å². The van der Waals surface area contributed by atoms with Gasteiger partial charge in [0.05, 0.1) is 6.42 Å². The zero-order chi connectivity index (χ0) is 14.5. The Kier molecular flexibility index (Phi) is 5.12. The van der Waals surface area contributed by atoms with E-state index in [1.807, 2.05) is 4.90 Å². The molecular weight excluding hydrogens is 255 g/mol. The van der Waals surface area contributed by atoms with Crippen LogP contribution in [0.1, 0.15) is 25.8 Å². The van der Waals surface area contributed by atoms with Gasteiger partial charge in [0.25, 0.3) is 0 Å². The maximum Gasteiger partial charge on any atom is 0.227 e. The third-order valence-corrected chi connectivity index (χ3v) is 3.99. The second-order valence-corrected chi connectivity index (χ2v) is 5.57. The zero-order valence-electron chi connectivity index (χ0n) is 12.2. The van der Waals surface area contributed by atoms with E-state index in [0.717, 1.165) is 31.6 Å². The number of carbonyl (C=O) groups is 1. The number of benzene rings is 1. The van der Waals surface area contributed by atoms with Crippen molar-refractivity contribution in [2.24, 2.45) is 5.92 Å². The molecule has 1 N–H and O–H groups in total. The highest BCUT2D eigenvalue weighted by Gasteiger charge is 2.27. The number of likely N-dealkylation sites (tertiary alicyclic amines) is 1. The van der Waals surface area contributed by atoms with Crippen molar-refractivity contribution in [3.8, 4) is 0 Å². The number of halogens is 1. The molecule has 20 heavy (non-hydrogen) atoms. The van der Waals surface area contributed by atoms with Gasteiger partial charge in [0.1, 0.15) is 5.82 Å². The standard InChI is InChI=1S/C16H23FN2O/c1-3-18-15-8-9-19(11-12(15)2)16(20)10-13-4-6-14(17)7-5-13/h4-7,12,15,18H,3,8-11H2,1-2H3. The maximum absolute atomic E-state index is 12.8. The Hall–Kier alpha value is -1.42. The number of hydrogen-bond acceptors (Lipinski definition) is 2.